The average molecular weight is 501 g/mol. The molecular formula is C27H36N2O5S. The molecule has 35 heavy (non-hydrogen) atoms. The van der Waals surface area contributed by atoms with Crippen molar-refractivity contribution in [2.75, 3.05) is 39.9 Å². The lowest BCUT2D eigenvalue weighted by molar-refractivity contribution is -0.129. The number of ether oxygens (including phenoxy) is 2. The van der Waals surface area contributed by atoms with Gasteiger partial charge in [0.2, 0.25) is 5.78 Å². The summed E-state index contributed by atoms with van der Waals surface area (Å²) in [5, 5.41) is 12.7. The zero-order valence-electron chi connectivity index (χ0n) is 21.1. The number of amides is 1. The van der Waals surface area contributed by atoms with Crippen LogP contribution in [0.3, 0.4) is 0 Å². The summed E-state index contributed by atoms with van der Waals surface area (Å²) in [5.41, 5.74) is 0.801. The summed E-state index contributed by atoms with van der Waals surface area (Å²) >= 11 is 1.29. The predicted octanol–water partition coefficient (Wildman–Crippen LogP) is 5.25. The summed E-state index contributed by atoms with van der Waals surface area (Å²) in [5.74, 6) is -0.192. The molecule has 0 radical (unpaired) electrons. The lowest BCUT2D eigenvalue weighted by Gasteiger charge is -2.29. The smallest absolute Gasteiger partial charge is 0.290 e. The van der Waals surface area contributed by atoms with Crippen LogP contribution in [0.1, 0.15) is 61.3 Å². The lowest BCUT2D eigenvalue weighted by atomic mass is 9.95. The standard InChI is InChI=1S/C27H36N2O5S/c1-5-8-9-16-34-20-13-12-19(18-21(20)33-4)24-23(25(30)22-11-10-17-35-22)26(31)27(32)29(24)15-14-28(6-2)7-3/h10-13,17-18,24,31H,5-9,14-16H2,1-4H3. The molecule has 0 saturated heterocycles. The fourth-order valence-electron chi connectivity index (χ4n) is 4.30. The number of hydrogen-bond donors (Lipinski definition) is 1. The number of thiophene rings is 1. The number of carbonyl (C=O) groups excluding carboxylic acids is 2. The molecule has 1 N–H and O–H groups in total. The van der Waals surface area contributed by atoms with E-state index < -0.39 is 17.7 Å². The number of unbranched alkanes of at least 4 members (excludes halogenated alkanes) is 2. The van der Waals surface area contributed by atoms with Crippen molar-refractivity contribution in [1.29, 1.82) is 0 Å². The van der Waals surface area contributed by atoms with Crippen LogP contribution in [0.15, 0.2) is 47.0 Å². The van der Waals surface area contributed by atoms with Gasteiger partial charge in [-0.3, -0.25) is 9.59 Å². The van der Waals surface area contributed by atoms with E-state index in [2.05, 4.69) is 25.7 Å². The second-order valence-corrected chi connectivity index (χ2v) is 9.41. The molecule has 0 spiro atoms. The maximum Gasteiger partial charge on any atom is 0.290 e. The van der Waals surface area contributed by atoms with E-state index in [1.54, 1.807) is 30.2 Å². The largest absolute Gasteiger partial charge is 0.503 e. The van der Waals surface area contributed by atoms with Crippen molar-refractivity contribution in [3.05, 3.63) is 57.5 Å². The van der Waals surface area contributed by atoms with Crippen LogP contribution in [0.4, 0.5) is 0 Å². The van der Waals surface area contributed by atoms with E-state index in [9.17, 15) is 14.7 Å². The topological polar surface area (TPSA) is 79.3 Å². The molecule has 0 bridgehead atoms. The van der Waals surface area contributed by atoms with E-state index in [1.165, 1.54) is 11.3 Å². The third kappa shape index (κ3) is 6.05. The molecule has 1 amide bonds. The van der Waals surface area contributed by atoms with Crippen molar-refractivity contribution >= 4 is 23.0 Å². The first-order valence-electron chi connectivity index (χ1n) is 12.3. The highest BCUT2D eigenvalue weighted by atomic mass is 32.1. The molecule has 190 valence electrons. The summed E-state index contributed by atoms with van der Waals surface area (Å²) in [7, 11) is 1.57. The Morgan fingerprint density at radius 3 is 2.54 bits per heavy atom. The van der Waals surface area contributed by atoms with Crippen LogP contribution >= 0.6 is 11.3 Å². The summed E-state index contributed by atoms with van der Waals surface area (Å²) in [6.07, 6.45) is 3.15. The fraction of sp³-hybridized carbons (Fsp3) is 0.481. The number of carbonyl (C=O) groups is 2. The Hall–Kier alpha value is -2.84. The second kappa shape index (κ2) is 12.7. The van der Waals surface area contributed by atoms with Crippen molar-refractivity contribution < 1.29 is 24.2 Å². The first-order valence-corrected chi connectivity index (χ1v) is 13.2. The average Bonchev–Trinajstić information content (AvgIpc) is 3.50. The van der Waals surface area contributed by atoms with Crippen LogP contribution in [0, 0.1) is 0 Å². The summed E-state index contributed by atoms with van der Waals surface area (Å²) in [6.45, 7) is 9.58. The number of aliphatic hydroxyl groups excluding tert-OH is 1. The minimum atomic E-state index is -0.712. The number of benzene rings is 1. The Bertz CT molecular complexity index is 1030. The van der Waals surface area contributed by atoms with Crippen molar-refractivity contribution in [3.63, 3.8) is 0 Å². The van der Waals surface area contributed by atoms with E-state index in [-0.39, 0.29) is 11.4 Å². The number of Topliss-reactive ketones (excluding diaryl/α,β-unsaturated/α-hetero) is 1. The van der Waals surface area contributed by atoms with Gasteiger partial charge in [0.25, 0.3) is 5.91 Å². The van der Waals surface area contributed by atoms with Gasteiger partial charge in [0.1, 0.15) is 0 Å². The molecular weight excluding hydrogens is 464 g/mol. The molecule has 1 unspecified atom stereocenters. The van der Waals surface area contributed by atoms with Gasteiger partial charge in [-0.2, -0.15) is 0 Å². The number of nitrogens with zero attached hydrogens (tertiary/aromatic N) is 2. The highest BCUT2D eigenvalue weighted by Crippen LogP contribution is 2.42. The van der Waals surface area contributed by atoms with E-state index in [4.69, 9.17) is 9.47 Å². The van der Waals surface area contributed by atoms with Crippen LogP contribution in [0.25, 0.3) is 0 Å². The molecule has 0 aliphatic carbocycles. The van der Waals surface area contributed by atoms with Crippen molar-refractivity contribution in [1.82, 2.24) is 9.80 Å². The van der Waals surface area contributed by atoms with Gasteiger partial charge in [-0.05, 0) is 48.7 Å². The Balaban J connectivity index is 1.98. The molecule has 1 aromatic heterocycles. The monoisotopic (exact) mass is 500 g/mol. The molecule has 2 aromatic rings. The molecule has 0 fully saturated rings. The quantitative estimate of drug-likeness (QED) is 0.282. The number of ketones is 1. The molecule has 1 atom stereocenters. The summed E-state index contributed by atoms with van der Waals surface area (Å²) in [6, 6.07) is 8.25. The first-order chi connectivity index (χ1) is 17.0. The summed E-state index contributed by atoms with van der Waals surface area (Å²) < 4.78 is 11.5. The van der Waals surface area contributed by atoms with Gasteiger partial charge in [-0.1, -0.05) is 45.7 Å². The molecule has 1 aromatic carbocycles. The van der Waals surface area contributed by atoms with Crippen LogP contribution in [0.2, 0.25) is 0 Å². The van der Waals surface area contributed by atoms with E-state index in [0.717, 1.165) is 32.4 Å². The van der Waals surface area contributed by atoms with Gasteiger partial charge >= 0.3 is 0 Å². The molecule has 8 heteroatoms. The van der Waals surface area contributed by atoms with E-state index in [0.29, 0.717) is 41.6 Å². The molecule has 2 heterocycles. The minimum Gasteiger partial charge on any atom is -0.503 e. The highest BCUT2D eigenvalue weighted by molar-refractivity contribution is 7.12. The SMILES string of the molecule is CCCCCOc1ccc(C2C(C(=O)c3cccs3)=C(O)C(=O)N2CCN(CC)CC)cc1OC. The molecule has 7 nitrogen and oxygen atoms in total. The highest BCUT2D eigenvalue weighted by Gasteiger charge is 2.44. The summed E-state index contributed by atoms with van der Waals surface area (Å²) in [4.78, 5) is 30.9. The van der Waals surface area contributed by atoms with Crippen LogP contribution in [-0.4, -0.2) is 66.5 Å². The fourth-order valence-corrected chi connectivity index (χ4v) is 4.98. The normalized spacial score (nSPS) is 15.9. The number of aliphatic hydroxyl groups is 1. The first kappa shape index (κ1) is 26.8. The van der Waals surface area contributed by atoms with Crippen molar-refractivity contribution in [2.45, 2.75) is 46.1 Å². The van der Waals surface area contributed by atoms with Gasteiger partial charge in [0, 0.05) is 13.1 Å². The lowest BCUT2D eigenvalue weighted by Crippen LogP contribution is -2.38. The van der Waals surface area contributed by atoms with Gasteiger partial charge in [0.15, 0.2) is 17.3 Å². The van der Waals surface area contributed by atoms with Gasteiger partial charge < -0.3 is 24.4 Å². The Morgan fingerprint density at radius 1 is 1.14 bits per heavy atom. The Labute approximate surface area is 212 Å². The van der Waals surface area contributed by atoms with Crippen LogP contribution in [0.5, 0.6) is 11.5 Å². The van der Waals surface area contributed by atoms with E-state index >= 15 is 0 Å². The van der Waals surface area contributed by atoms with Crippen molar-refractivity contribution in [2.24, 2.45) is 0 Å². The third-order valence-corrected chi connectivity index (χ3v) is 7.22. The Kier molecular flexibility index (Phi) is 9.74. The predicted molar refractivity (Wildman–Crippen MR) is 139 cm³/mol. The maximum absolute atomic E-state index is 13.4. The molecule has 1 aliphatic rings. The second-order valence-electron chi connectivity index (χ2n) is 8.46. The minimum absolute atomic E-state index is 0.107. The number of methoxy groups -OCH3 is 1. The molecule has 1 aliphatic heterocycles. The zero-order chi connectivity index (χ0) is 25.4. The van der Waals surface area contributed by atoms with Crippen molar-refractivity contribution in [3.8, 4) is 11.5 Å². The molecule has 0 saturated carbocycles. The van der Waals surface area contributed by atoms with E-state index in [1.807, 2.05) is 17.5 Å². The molecule has 3 rings (SSSR count). The number of rotatable bonds is 14. The Morgan fingerprint density at radius 2 is 1.91 bits per heavy atom. The van der Waals surface area contributed by atoms with Crippen LogP contribution in [-0.2, 0) is 4.79 Å². The zero-order valence-corrected chi connectivity index (χ0v) is 21.9. The van der Waals surface area contributed by atoms with Gasteiger partial charge in [0.05, 0.1) is 30.2 Å². The van der Waals surface area contributed by atoms with Crippen LogP contribution < -0.4 is 9.47 Å². The van der Waals surface area contributed by atoms with Gasteiger partial charge in [-0.25, -0.2) is 0 Å². The number of likely N-dealkylation sites (N-methyl/N-ethyl adjacent to an activating group) is 1. The maximum atomic E-state index is 13.4. The third-order valence-electron chi connectivity index (χ3n) is 6.35. The number of hydrogen-bond acceptors (Lipinski definition) is 7. The van der Waals surface area contributed by atoms with Gasteiger partial charge in [-0.15, -0.1) is 11.3 Å².